The van der Waals surface area contributed by atoms with E-state index in [2.05, 4.69) is 78.7 Å². The summed E-state index contributed by atoms with van der Waals surface area (Å²) in [6.45, 7) is 11.5. The lowest BCUT2D eigenvalue weighted by molar-refractivity contribution is 0.213. The molecule has 0 saturated carbocycles. The van der Waals surface area contributed by atoms with Crippen molar-refractivity contribution in [2.75, 3.05) is 0 Å². The van der Waals surface area contributed by atoms with Gasteiger partial charge in [-0.3, -0.25) is 0 Å². The number of hydrogen-bond acceptors (Lipinski definition) is 2. The zero-order valence-corrected chi connectivity index (χ0v) is 17.9. The predicted octanol–water partition coefficient (Wildman–Crippen LogP) is 6.70. The van der Waals surface area contributed by atoms with Crippen LogP contribution in [0.3, 0.4) is 0 Å². The highest BCUT2D eigenvalue weighted by Crippen LogP contribution is 2.38. The number of fused-ring (bicyclic) bond motifs is 1. The van der Waals surface area contributed by atoms with Gasteiger partial charge in [0.05, 0.1) is 6.10 Å². The lowest BCUT2D eigenvalue weighted by Gasteiger charge is -2.38. The van der Waals surface area contributed by atoms with Gasteiger partial charge in [0.2, 0.25) is 0 Å². The molecule has 1 heterocycles. The largest absolute Gasteiger partial charge is 0.461 e. The minimum atomic E-state index is -1.76. The van der Waals surface area contributed by atoms with Crippen LogP contribution in [0.2, 0.25) is 18.1 Å². The predicted molar refractivity (Wildman–Crippen MR) is 110 cm³/mol. The fourth-order valence-electron chi connectivity index (χ4n) is 2.28. The number of benzene rings is 1. The highest BCUT2D eigenvalue weighted by Gasteiger charge is 2.38. The molecule has 0 radical (unpaired) electrons. The van der Waals surface area contributed by atoms with E-state index in [1.165, 1.54) is 5.39 Å². The quantitative estimate of drug-likeness (QED) is 0.367. The molecule has 0 aliphatic carbocycles. The van der Waals surface area contributed by atoms with Gasteiger partial charge in [-0.15, -0.1) is 0 Å². The molecule has 0 bridgehead atoms. The van der Waals surface area contributed by atoms with E-state index in [0.29, 0.717) is 0 Å². The highest BCUT2D eigenvalue weighted by atomic mass is 127. The standard InChI is InChI=1S/C19H27IO2Si/c1-19(2,3)23(4,5)22-16(12-13-20)10-11-17-14-15-8-6-7-9-18(15)21-17/h6-9,12-14,16H,10-11H2,1-5H3/b13-12+. The molecule has 1 aromatic carbocycles. The van der Waals surface area contributed by atoms with E-state index in [9.17, 15) is 0 Å². The van der Waals surface area contributed by atoms with Crippen LogP contribution in [-0.2, 0) is 10.8 Å². The Labute approximate surface area is 154 Å². The maximum Gasteiger partial charge on any atom is 0.192 e. The second kappa shape index (κ2) is 7.53. The maximum atomic E-state index is 6.54. The molecule has 0 amide bonds. The summed E-state index contributed by atoms with van der Waals surface area (Å²) in [5, 5.41) is 1.40. The van der Waals surface area contributed by atoms with Crippen molar-refractivity contribution >= 4 is 41.9 Å². The van der Waals surface area contributed by atoms with Gasteiger partial charge >= 0.3 is 0 Å². The number of para-hydroxylation sites is 1. The van der Waals surface area contributed by atoms with Gasteiger partial charge in [-0.1, -0.05) is 67.6 Å². The summed E-state index contributed by atoms with van der Waals surface area (Å²) < 4.78 is 14.5. The van der Waals surface area contributed by atoms with E-state index >= 15 is 0 Å². The van der Waals surface area contributed by atoms with E-state index < -0.39 is 8.32 Å². The van der Waals surface area contributed by atoms with Crippen LogP contribution >= 0.6 is 22.6 Å². The Bertz CT molecular complexity index is 634. The fraction of sp³-hybridized carbons (Fsp3) is 0.474. The first-order valence-corrected chi connectivity index (χ1v) is 12.3. The molecule has 0 aliphatic heterocycles. The van der Waals surface area contributed by atoms with Crippen LogP contribution in [-0.4, -0.2) is 14.4 Å². The molecule has 2 aromatic rings. The van der Waals surface area contributed by atoms with Gasteiger partial charge in [-0.2, -0.15) is 0 Å². The van der Waals surface area contributed by atoms with Crippen molar-refractivity contribution in [1.82, 2.24) is 0 Å². The number of halogens is 1. The van der Waals surface area contributed by atoms with Crippen LogP contribution in [0.1, 0.15) is 33.0 Å². The number of rotatable bonds is 6. The van der Waals surface area contributed by atoms with E-state index in [-0.39, 0.29) is 11.1 Å². The Morgan fingerprint density at radius 2 is 1.96 bits per heavy atom. The summed E-state index contributed by atoms with van der Waals surface area (Å²) in [5.41, 5.74) is 0.966. The molecule has 2 rings (SSSR count). The SMILES string of the molecule is CC(C)(C)[Si](C)(C)OC(/C=C/I)CCc1cc2ccccc2o1. The lowest BCUT2D eigenvalue weighted by atomic mass is 10.1. The summed E-state index contributed by atoms with van der Waals surface area (Å²) in [5.74, 6) is 1.04. The molecule has 2 nitrogen and oxygen atoms in total. The molecular weight excluding hydrogens is 415 g/mol. The van der Waals surface area contributed by atoms with Crippen LogP contribution in [0, 0.1) is 0 Å². The monoisotopic (exact) mass is 442 g/mol. The molecule has 0 spiro atoms. The van der Waals surface area contributed by atoms with E-state index in [4.69, 9.17) is 8.84 Å². The summed E-state index contributed by atoms with van der Waals surface area (Å²) in [6, 6.07) is 10.3. The van der Waals surface area contributed by atoms with Gasteiger partial charge < -0.3 is 8.84 Å². The Morgan fingerprint density at radius 3 is 2.57 bits per heavy atom. The van der Waals surface area contributed by atoms with Crippen LogP contribution in [0.15, 0.2) is 44.9 Å². The molecule has 23 heavy (non-hydrogen) atoms. The van der Waals surface area contributed by atoms with E-state index in [0.717, 1.165) is 24.2 Å². The first kappa shape index (κ1) is 18.7. The molecule has 0 aliphatic rings. The summed E-state index contributed by atoms with van der Waals surface area (Å²) in [7, 11) is -1.76. The molecule has 0 saturated heterocycles. The normalized spacial score (nSPS) is 14.7. The number of furan rings is 1. The number of aryl methyl sites for hydroxylation is 1. The molecule has 1 atom stereocenters. The second-order valence-electron chi connectivity index (χ2n) is 7.52. The van der Waals surface area contributed by atoms with Gasteiger partial charge in [0.25, 0.3) is 0 Å². The van der Waals surface area contributed by atoms with Crippen molar-refractivity contribution in [2.24, 2.45) is 0 Å². The highest BCUT2D eigenvalue weighted by molar-refractivity contribution is 14.1. The van der Waals surface area contributed by atoms with Crippen LogP contribution in [0.5, 0.6) is 0 Å². The van der Waals surface area contributed by atoms with Crippen molar-refractivity contribution in [3.05, 3.63) is 46.3 Å². The number of hydrogen-bond donors (Lipinski definition) is 0. The first-order valence-electron chi connectivity index (χ1n) is 8.15. The zero-order valence-electron chi connectivity index (χ0n) is 14.7. The van der Waals surface area contributed by atoms with E-state index in [1.54, 1.807) is 0 Å². The summed E-state index contributed by atoms with van der Waals surface area (Å²) in [6.07, 6.45) is 4.17. The van der Waals surface area contributed by atoms with Crippen LogP contribution in [0.25, 0.3) is 11.0 Å². The molecule has 126 valence electrons. The fourth-order valence-corrected chi connectivity index (χ4v) is 4.05. The van der Waals surface area contributed by atoms with Gasteiger partial charge in [0.1, 0.15) is 11.3 Å². The third-order valence-electron chi connectivity index (χ3n) is 4.69. The summed E-state index contributed by atoms with van der Waals surface area (Å²) >= 11 is 2.27. The molecule has 0 fully saturated rings. The minimum Gasteiger partial charge on any atom is -0.461 e. The smallest absolute Gasteiger partial charge is 0.192 e. The zero-order chi connectivity index (χ0) is 17.1. The average Bonchev–Trinajstić information content (AvgIpc) is 2.86. The van der Waals surface area contributed by atoms with Crippen LogP contribution in [0.4, 0.5) is 0 Å². The molecule has 0 N–H and O–H groups in total. The van der Waals surface area contributed by atoms with Crippen molar-refractivity contribution in [3.63, 3.8) is 0 Å². The molecular formula is C19H27IO2Si. The molecule has 1 aromatic heterocycles. The van der Waals surface area contributed by atoms with Crippen molar-refractivity contribution in [2.45, 2.75) is 57.8 Å². The van der Waals surface area contributed by atoms with Gasteiger partial charge in [0.15, 0.2) is 8.32 Å². The van der Waals surface area contributed by atoms with Gasteiger partial charge in [-0.25, -0.2) is 0 Å². The lowest BCUT2D eigenvalue weighted by Crippen LogP contribution is -2.43. The first-order chi connectivity index (χ1) is 10.7. The van der Waals surface area contributed by atoms with Crippen molar-refractivity contribution in [1.29, 1.82) is 0 Å². The average molecular weight is 442 g/mol. The maximum absolute atomic E-state index is 6.54. The third kappa shape index (κ3) is 4.94. The topological polar surface area (TPSA) is 22.4 Å². The molecule has 4 heteroatoms. The Balaban J connectivity index is 2.05. The second-order valence-corrected chi connectivity index (χ2v) is 13.0. The third-order valence-corrected chi connectivity index (χ3v) is 9.61. The van der Waals surface area contributed by atoms with Gasteiger partial charge in [0, 0.05) is 11.8 Å². The van der Waals surface area contributed by atoms with Gasteiger partial charge in [-0.05, 0) is 40.8 Å². The molecule has 1 unspecified atom stereocenters. The Morgan fingerprint density at radius 1 is 1.26 bits per heavy atom. The minimum absolute atomic E-state index is 0.154. The Kier molecular flexibility index (Phi) is 6.14. The summed E-state index contributed by atoms with van der Waals surface area (Å²) in [4.78, 5) is 0. The Hall–Kier alpha value is -0.593. The van der Waals surface area contributed by atoms with Crippen LogP contribution < -0.4 is 0 Å². The van der Waals surface area contributed by atoms with Crippen molar-refractivity contribution in [3.8, 4) is 0 Å². The van der Waals surface area contributed by atoms with Crippen molar-refractivity contribution < 1.29 is 8.84 Å². The van der Waals surface area contributed by atoms with E-state index in [1.807, 2.05) is 18.2 Å².